The molecule has 0 aromatic carbocycles. The number of nitrogens with zero attached hydrogens (tertiary/aromatic N) is 2. The predicted octanol–water partition coefficient (Wildman–Crippen LogP) is 9.84. The molecule has 1 aliphatic rings. The Labute approximate surface area is 431 Å². The summed E-state index contributed by atoms with van der Waals surface area (Å²) in [7, 11) is -10.9. The zero-order valence-electron chi connectivity index (χ0n) is 42.6. The van der Waals surface area contributed by atoms with Gasteiger partial charge in [-0.1, -0.05) is 131 Å². The van der Waals surface area contributed by atoms with Gasteiger partial charge in [0, 0.05) is 25.5 Å². The Morgan fingerprint density at radius 1 is 0.712 bits per heavy atom. The van der Waals surface area contributed by atoms with Crippen LogP contribution < -0.4 is 11.4 Å². The molecule has 7 atom stereocenters. The molecule has 6 N–H and O–H groups in total. The van der Waals surface area contributed by atoms with E-state index < -0.39 is 83.7 Å². The number of ketones is 1. The van der Waals surface area contributed by atoms with Crippen LogP contribution in [0.4, 0.5) is 5.82 Å². The van der Waals surface area contributed by atoms with E-state index in [1.54, 1.807) is 12.2 Å². The number of ether oxygens (including phenoxy) is 3. The van der Waals surface area contributed by atoms with Gasteiger partial charge in [-0.3, -0.25) is 28.0 Å². The summed E-state index contributed by atoms with van der Waals surface area (Å²) >= 11 is 0. The second kappa shape index (κ2) is 39.1. The number of hydrogen-bond donors (Lipinski definition) is 5. The van der Waals surface area contributed by atoms with Crippen molar-refractivity contribution in [2.75, 3.05) is 25.6 Å². The normalized spacial score (nSPS) is 19.6. The summed E-state index contributed by atoms with van der Waals surface area (Å²) in [5.74, 6) is -1.40. The minimum atomic E-state index is -5.46. The third kappa shape index (κ3) is 31.8. The highest BCUT2D eigenvalue weighted by Crippen LogP contribution is 2.60. The molecule has 0 aliphatic carbocycles. The van der Waals surface area contributed by atoms with Crippen LogP contribution in [-0.4, -0.2) is 91.5 Å². The lowest BCUT2D eigenvalue weighted by Gasteiger charge is -2.21. The third-order valence-corrected chi connectivity index (χ3v) is 13.5. The van der Waals surface area contributed by atoms with Crippen LogP contribution in [0.2, 0.25) is 0 Å². The molecule has 21 heteroatoms. The molecule has 1 fully saturated rings. The van der Waals surface area contributed by atoms with Gasteiger partial charge in [-0.15, -0.1) is 0 Å². The number of rotatable bonds is 41. The first kappa shape index (κ1) is 64.7. The number of phosphoric acid groups is 2. The smallest absolute Gasteiger partial charge is 0.462 e. The van der Waals surface area contributed by atoms with Gasteiger partial charge >= 0.3 is 33.3 Å². The van der Waals surface area contributed by atoms with E-state index in [1.165, 1.54) is 12.5 Å². The maximum atomic E-state index is 12.9. The van der Waals surface area contributed by atoms with Crippen molar-refractivity contribution in [3.8, 4) is 0 Å². The molecule has 0 bridgehead atoms. The van der Waals surface area contributed by atoms with Gasteiger partial charge in [0.2, 0.25) is 0 Å². The lowest BCUT2D eigenvalue weighted by Crippen LogP contribution is -2.36. The molecule has 1 aliphatic heterocycles. The number of allylic oxidation sites excluding steroid dienone is 14. The number of unbranched alkanes of at least 4 members (excludes halogenated alkanes) is 10. The second-order valence-corrected chi connectivity index (χ2v) is 20.4. The summed E-state index contributed by atoms with van der Waals surface area (Å²) in [4.78, 5) is 74.1. The predicted molar refractivity (Wildman–Crippen MR) is 280 cm³/mol. The average molecular weight is 1070 g/mol. The molecule has 0 saturated carbocycles. The minimum absolute atomic E-state index is 0.0431. The van der Waals surface area contributed by atoms with Crippen LogP contribution in [0.15, 0.2) is 102 Å². The van der Waals surface area contributed by atoms with Crippen molar-refractivity contribution in [3.63, 3.8) is 0 Å². The minimum Gasteiger partial charge on any atom is -0.462 e. The maximum Gasteiger partial charge on any atom is 0.481 e. The summed E-state index contributed by atoms with van der Waals surface area (Å²) in [6.07, 6.45) is 37.7. The third-order valence-electron chi connectivity index (χ3n) is 10.9. The summed E-state index contributed by atoms with van der Waals surface area (Å²) in [6, 6.07) is 1.24. The average Bonchev–Trinajstić information content (AvgIpc) is 3.62. The van der Waals surface area contributed by atoms with E-state index in [4.69, 9.17) is 29.0 Å². The Morgan fingerprint density at radius 3 is 1.92 bits per heavy atom. The molecule has 0 spiro atoms. The zero-order valence-corrected chi connectivity index (χ0v) is 44.4. The number of anilines is 1. The van der Waals surface area contributed by atoms with Gasteiger partial charge in [-0.05, 0) is 89.2 Å². The number of phosphoric ester groups is 2. The molecule has 2 rings (SSSR count). The van der Waals surface area contributed by atoms with E-state index in [0.717, 1.165) is 94.2 Å². The first-order valence-corrected chi connectivity index (χ1v) is 28.5. The van der Waals surface area contributed by atoms with Crippen LogP contribution in [0.25, 0.3) is 0 Å². The number of carbonyl (C=O) groups is 3. The molecule has 0 radical (unpaired) electrons. The fraction of sp³-hybridized carbons (Fsp3) is 0.596. The Bertz CT molecular complexity index is 2120. The van der Waals surface area contributed by atoms with Gasteiger partial charge in [-0.2, -0.15) is 9.29 Å². The van der Waals surface area contributed by atoms with Gasteiger partial charge in [0.25, 0.3) is 0 Å². The largest absolute Gasteiger partial charge is 0.481 e. The van der Waals surface area contributed by atoms with Crippen molar-refractivity contribution < 1.29 is 71.1 Å². The standard InChI is InChI=1S/C52H81N3O16P2/c1-3-5-7-9-11-12-13-14-15-16-17-18-19-20-21-22-24-28-32-36-47(57)66-40-44(69-48(58)37-33-29-25-27-31-35-43(56)34-30-26-23-10-8-6-4-2)41-67-72(62,63)71-73(64,65)68-42-45-49(59)50(60)51(70-45)55-39-38-46(53)54-52(55)61/h5,7,11-12,14-15,17-18,20-21,23,26,30,34,38-39,44-45,49-51,59-60H,3-4,6,8-10,13,16,19,22,24-25,27-29,31-33,35-37,40-42H2,1-2H3,(H,62,63)(H,64,65)(H2,53,54,61)/b7-5-,12-11-,15-14-,18-17-,21-20-,26-23-,34-30+/t44-,45-,49-,50-,51-/m1/s1. The quantitative estimate of drug-likeness (QED) is 0.0102. The number of aliphatic hydroxyl groups excluding tert-OH is 2. The van der Waals surface area contributed by atoms with Gasteiger partial charge in [0.15, 0.2) is 18.1 Å². The Balaban J connectivity index is 1.84. The SMILES string of the molecule is CC/C=C\C/C=C\C/C=C\C/C=C\C/C=C\CCCCCC(=O)OC[C@H](COP(=O)(O)OP(=O)(O)OC[C@H]1O[C@@H](n2ccc(N)nc2=O)[C@H](O)[C@@H]1O)OC(=O)CCCCCCCC(=O)/C=C/C=C\CCCCC. The molecule has 73 heavy (non-hydrogen) atoms. The summed E-state index contributed by atoms with van der Waals surface area (Å²) in [5, 5.41) is 20.9. The fourth-order valence-corrected chi connectivity index (χ4v) is 9.08. The lowest BCUT2D eigenvalue weighted by atomic mass is 10.1. The number of aromatic nitrogens is 2. The van der Waals surface area contributed by atoms with Crippen molar-refractivity contribution in [1.82, 2.24) is 9.55 Å². The Kier molecular flexibility index (Phi) is 34.7. The van der Waals surface area contributed by atoms with Crippen LogP contribution in [0.3, 0.4) is 0 Å². The molecule has 19 nitrogen and oxygen atoms in total. The highest BCUT2D eigenvalue weighted by atomic mass is 31.3. The summed E-state index contributed by atoms with van der Waals surface area (Å²) in [6.45, 7) is 1.83. The molecule has 410 valence electrons. The highest BCUT2D eigenvalue weighted by Gasteiger charge is 2.46. The molecule has 1 aromatic heterocycles. The maximum absolute atomic E-state index is 12.9. The number of aliphatic hydroxyl groups is 2. The van der Waals surface area contributed by atoms with Crippen molar-refractivity contribution in [2.24, 2.45) is 0 Å². The molecular formula is C52H81N3O16P2. The number of esters is 2. The molecular weight excluding hydrogens is 985 g/mol. The van der Waals surface area contributed by atoms with Crippen molar-refractivity contribution in [2.45, 2.75) is 179 Å². The molecule has 2 heterocycles. The van der Waals surface area contributed by atoms with Crippen LogP contribution in [0.5, 0.6) is 0 Å². The Morgan fingerprint density at radius 2 is 1.27 bits per heavy atom. The van der Waals surface area contributed by atoms with Crippen LogP contribution in [0.1, 0.15) is 155 Å². The molecule has 1 aromatic rings. The number of carbonyl (C=O) groups excluding carboxylic acids is 3. The molecule has 1 saturated heterocycles. The first-order valence-electron chi connectivity index (χ1n) is 25.6. The van der Waals surface area contributed by atoms with Gasteiger partial charge < -0.3 is 39.9 Å². The van der Waals surface area contributed by atoms with E-state index in [9.17, 15) is 48.3 Å². The number of nitrogens with two attached hydrogens (primary N) is 1. The van der Waals surface area contributed by atoms with Crippen molar-refractivity contribution in [1.29, 1.82) is 0 Å². The topological polar surface area (TPSA) is 283 Å². The van der Waals surface area contributed by atoms with Gasteiger partial charge in [0.05, 0.1) is 13.2 Å². The van der Waals surface area contributed by atoms with E-state index in [2.05, 4.69) is 90.0 Å². The van der Waals surface area contributed by atoms with Crippen LogP contribution in [-0.2, 0) is 51.1 Å². The number of nitrogen functional groups attached to an aromatic ring is 1. The van der Waals surface area contributed by atoms with E-state index in [0.29, 0.717) is 32.1 Å². The number of hydrogen-bond acceptors (Lipinski definition) is 16. The fourth-order valence-electron chi connectivity index (χ4n) is 6.97. The Hall–Kier alpha value is -4.39. The van der Waals surface area contributed by atoms with Crippen LogP contribution in [0, 0.1) is 0 Å². The van der Waals surface area contributed by atoms with Crippen molar-refractivity contribution >= 4 is 39.2 Å². The molecule has 0 amide bonds. The van der Waals surface area contributed by atoms with Crippen molar-refractivity contribution in [3.05, 3.63) is 108 Å². The van der Waals surface area contributed by atoms with Gasteiger partial charge in [0.1, 0.15) is 30.7 Å². The van der Waals surface area contributed by atoms with E-state index in [-0.39, 0.29) is 24.4 Å². The lowest BCUT2D eigenvalue weighted by molar-refractivity contribution is -0.161. The second-order valence-electron chi connectivity index (χ2n) is 17.3. The summed E-state index contributed by atoms with van der Waals surface area (Å²) < 4.78 is 56.6. The molecule has 2 unspecified atom stereocenters. The van der Waals surface area contributed by atoms with E-state index >= 15 is 0 Å². The summed E-state index contributed by atoms with van der Waals surface area (Å²) in [5.41, 5.74) is 4.57. The first-order chi connectivity index (χ1) is 35.1. The van der Waals surface area contributed by atoms with Gasteiger partial charge in [-0.25, -0.2) is 13.9 Å². The van der Waals surface area contributed by atoms with Crippen LogP contribution >= 0.6 is 15.6 Å². The van der Waals surface area contributed by atoms with E-state index in [1.807, 2.05) is 6.08 Å². The zero-order chi connectivity index (χ0) is 53.6. The monoisotopic (exact) mass is 1070 g/mol. The highest BCUT2D eigenvalue weighted by molar-refractivity contribution is 7.61.